The van der Waals surface area contributed by atoms with Crippen LogP contribution >= 0.6 is 0 Å². The highest BCUT2D eigenvalue weighted by Gasteiger charge is 2.12. The number of carbonyl (C=O) groups is 1. The van der Waals surface area contributed by atoms with Gasteiger partial charge in [-0.2, -0.15) is 5.10 Å². The van der Waals surface area contributed by atoms with Gasteiger partial charge in [0.1, 0.15) is 5.69 Å². The van der Waals surface area contributed by atoms with Crippen molar-refractivity contribution in [3.05, 3.63) is 52.8 Å². The van der Waals surface area contributed by atoms with Gasteiger partial charge in [0.05, 0.1) is 5.69 Å². The third kappa shape index (κ3) is 3.24. The fourth-order valence-corrected chi connectivity index (χ4v) is 2.11. The summed E-state index contributed by atoms with van der Waals surface area (Å²) in [6, 6.07) is 9.70. The molecule has 20 heavy (non-hydrogen) atoms. The summed E-state index contributed by atoms with van der Waals surface area (Å²) in [5.74, 6) is -0.106. The van der Waals surface area contributed by atoms with E-state index in [1.165, 1.54) is 0 Å². The molecule has 2 aromatic rings. The van der Waals surface area contributed by atoms with E-state index in [0.717, 1.165) is 16.8 Å². The van der Waals surface area contributed by atoms with Gasteiger partial charge in [-0.1, -0.05) is 24.3 Å². The first-order valence-corrected chi connectivity index (χ1v) is 6.74. The smallest absolute Gasteiger partial charge is 0.269 e. The molecular formula is C15H20N4O. The molecule has 2 rings (SSSR count). The Morgan fingerprint density at radius 1 is 1.35 bits per heavy atom. The lowest BCUT2D eigenvalue weighted by Gasteiger charge is -2.07. The minimum atomic E-state index is -0.106. The summed E-state index contributed by atoms with van der Waals surface area (Å²) in [5, 5.41) is 7.19. The van der Waals surface area contributed by atoms with Crippen molar-refractivity contribution < 1.29 is 4.79 Å². The Morgan fingerprint density at radius 3 is 2.80 bits per heavy atom. The number of benzene rings is 1. The Balaban J connectivity index is 2.04. The first-order valence-electron chi connectivity index (χ1n) is 6.74. The highest BCUT2D eigenvalue weighted by atomic mass is 16.2. The van der Waals surface area contributed by atoms with Crippen LogP contribution in [0, 0.1) is 6.92 Å². The van der Waals surface area contributed by atoms with Crippen LogP contribution in [-0.4, -0.2) is 15.7 Å². The number of hydrogen-bond donors (Lipinski definition) is 2. The molecule has 0 aliphatic carbocycles. The molecule has 0 saturated carbocycles. The van der Waals surface area contributed by atoms with Crippen LogP contribution in [0.25, 0.3) is 0 Å². The lowest BCUT2D eigenvalue weighted by atomic mass is 10.1. The molecule has 0 aliphatic heterocycles. The quantitative estimate of drug-likeness (QED) is 0.868. The average molecular weight is 272 g/mol. The molecule has 0 radical (unpaired) electrons. The Bertz CT molecular complexity index is 604. The molecule has 1 aromatic carbocycles. The second-order valence-corrected chi connectivity index (χ2v) is 4.69. The van der Waals surface area contributed by atoms with Gasteiger partial charge in [-0.15, -0.1) is 0 Å². The fraction of sp³-hybridized carbons (Fsp3) is 0.333. The van der Waals surface area contributed by atoms with Gasteiger partial charge in [-0.3, -0.25) is 9.48 Å². The predicted molar refractivity (Wildman–Crippen MR) is 78.1 cm³/mol. The number of rotatable bonds is 5. The zero-order valence-corrected chi connectivity index (χ0v) is 11.9. The van der Waals surface area contributed by atoms with Crippen LogP contribution in [0.15, 0.2) is 30.3 Å². The topological polar surface area (TPSA) is 72.9 Å². The van der Waals surface area contributed by atoms with Gasteiger partial charge in [0.15, 0.2) is 0 Å². The van der Waals surface area contributed by atoms with Gasteiger partial charge in [-0.25, -0.2) is 0 Å². The van der Waals surface area contributed by atoms with Crippen LogP contribution in [0.2, 0.25) is 0 Å². The van der Waals surface area contributed by atoms with E-state index in [4.69, 9.17) is 5.73 Å². The minimum Gasteiger partial charge on any atom is -0.347 e. The zero-order chi connectivity index (χ0) is 14.5. The fourth-order valence-electron chi connectivity index (χ4n) is 2.11. The van der Waals surface area contributed by atoms with E-state index in [0.29, 0.717) is 25.3 Å². The Kier molecular flexibility index (Phi) is 4.53. The molecule has 0 aliphatic rings. The summed E-state index contributed by atoms with van der Waals surface area (Å²) in [6.07, 6.45) is 0. The van der Waals surface area contributed by atoms with Crippen molar-refractivity contribution in [1.29, 1.82) is 0 Å². The van der Waals surface area contributed by atoms with Crippen molar-refractivity contribution in [2.75, 3.05) is 0 Å². The Morgan fingerprint density at radius 2 is 2.10 bits per heavy atom. The van der Waals surface area contributed by atoms with Crippen molar-refractivity contribution in [3.63, 3.8) is 0 Å². The first kappa shape index (κ1) is 14.3. The standard InChI is InChI=1S/C15H20N4O/c1-3-19-14(7-11(2)18-19)15(20)17-10-13-6-4-5-12(8-13)9-16/h4-8H,3,9-10,16H2,1-2H3,(H,17,20). The van der Waals surface area contributed by atoms with Crippen molar-refractivity contribution in [2.24, 2.45) is 5.73 Å². The minimum absolute atomic E-state index is 0.106. The van der Waals surface area contributed by atoms with Gasteiger partial charge in [0, 0.05) is 19.6 Å². The lowest BCUT2D eigenvalue weighted by Crippen LogP contribution is -2.25. The van der Waals surface area contributed by atoms with E-state index in [1.807, 2.05) is 38.1 Å². The molecule has 1 aromatic heterocycles. The molecule has 1 heterocycles. The zero-order valence-electron chi connectivity index (χ0n) is 11.9. The largest absolute Gasteiger partial charge is 0.347 e. The van der Waals surface area contributed by atoms with E-state index in [1.54, 1.807) is 10.7 Å². The highest BCUT2D eigenvalue weighted by Crippen LogP contribution is 2.07. The molecule has 0 spiro atoms. The van der Waals surface area contributed by atoms with Crippen LogP contribution in [0.3, 0.4) is 0 Å². The Labute approximate surface area is 118 Å². The molecule has 5 nitrogen and oxygen atoms in total. The van der Waals surface area contributed by atoms with Crippen molar-refractivity contribution in [1.82, 2.24) is 15.1 Å². The number of aromatic nitrogens is 2. The van der Waals surface area contributed by atoms with Gasteiger partial charge in [-0.05, 0) is 31.0 Å². The van der Waals surface area contributed by atoms with Crippen molar-refractivity contribution in [3.8, 4) is 0 Å². The average Bonchev–Trinajstić information content (AvgIpc) is 2.86. The second kappa shape index (κ2) is 6.34. The normalized spacial score (nSPS) is 10.6. The van der Waals surface area contributed by atoms with E-state index in [2.05, 4.69) is 10.4 Å². The number of nitrogens with two attached hydrogens (primary N) is 1. The van der Waals surface area contributed by atoms with Crippen molar-refractivity contribution in [2.45, 2.75) is 33.5 Å². The maximum atomic E-state index is 12.2. The number of hydrogen-bond acceptors (Lipinski definition) is 3. The van der Waals surface area contributed by atoms with Crippen LogP contribution in [0.5, 0.6) is 0 Å². The molecule has 0 unspecified atom stereocenters. The predicted octanol–water partition coefficient (Wildman–Crippen LogP) is 1.60. The summed E-state index contributed by atoms with van der Waals surface area (Å²) in [6.45, 7) is 5.52. The first-order chi connectivity index (χ1) is 9.63. The molecule has 0 atom stereocenters. The second-order valence-electron chi connectivity index (χ2n) is 4.69. The maximum absolute atomic E-state index is 12.2. The molecule has 3 N–H and O–H groups in total. The highest BCUT2D eigenvalue weighted by molar-refractivity contribution is 5.92. The molecule has 106 valence electrons. The molecular weight excluding hydrogens is 252 g/mol. The van der Waals surface area contributed by atoms with Gasteiger partial charge in [0.2, 0.25) is 0 Å². The number of nitrogens with one attached hydrogen (secondary N) is 1. The van der Waals surface area contributed by atoms with Crippen LogP contribution in [0.4, 0.5) is 0 Å². The van der Waals surface area contributed by atoms with Crippen LogP contribution in [-0.2, 0) is 19.6 Å². The summed E-state index contributed by atoms with van der Waals surface area (Å²) in [5.41, 5.74) is 9.16. The Hall–Kier alpha value is -2.14. The molecule has 5 heteroatoms. The maximum Gasteiger partial charge on any atom is 0.269 e. The van der Waals surface area contributed by atoms with Gasteiger partial charge in [0.25, 0.3) is 5.91 Å². The molecule has 1 amide bonds. The monoisotopic (exact) mass is 272 g/mol. The SMILES string of the molecule is CCn1nc(C)cc1C(=O)NCc1cccc(CN)c1. The van der Waals surface area contributed by atoms with Crippen molar-refractivity contribution >= 4 is 5.91 Å². The lowest BCUT2D eigenvalue weighted by molar-refractivity contribution is 0.0940. The number of amides is 1. The molecule has 0 bridgehead atoms. The number of aryl methyl sites for hydroxylation is 2. The number of carbonyl (C=O) groups excluding carboxylic acids is 1. The summed E-state index contributed by atoms with van der Waals surface area (Å²) in [7, 11) is 0. The number of nitrogens with zero attached hydrogens (tertiary/aromatic N) is 2. The third-order valence-corrected chi connectivity index (χ3v) is 3.11. The van der Waals surface area contributed by atoms with E-state index in [9.17, 15) is 4.79 Å². The summed E-state index contributed by atoms with van der Waals surface area (Å²) >= 11 is 0. The van der Waals surface area contributed by atoms with E-state index >= 15 is 0 Å². The van der Waals surface area contributed by atoms with Crippen LogP contribution < -0.4 is 11.1 Å². The van der Waals surface area contributed by atoms with Gasteiger partial charge >= 0.3 is 0 Å². The molecule has 0 saturated heterocycles. The summed E-state index contributed by atoms with van der Waals surface area (Å²) < 4.78 is 1.71. The third-order valence-electron chi connectivity index (χ3n) is 3.11. The van der Waals surface area contributed by atoms with E-state index in [-0.39, 0.29) is 5.91 Å². The summed E-state index contributed by atoms with van der Waals surface area (Å²) in [4.78, 5) is 12.2. The molecule has 0 fully saturated rings. The van der Waals surface area contributed by atoms with Gasteiger partial charge < -0.3 is 11.1 Å². The van der Waals surface area contributed by atoms with Crippen LogP contribution in [0.1, 0.15) is 34.2 Å². The van der Waals surface area contributed by atoms with E-state index < -0.39 is 0 Å².